The summed E-state index contributed by atoms with van der Waals surface area (Å²) in [6.07, 6.45) is 15.6. The first kappa shape index (κ1) is 30.8. The molecular formula is C39H56O4. The summed E-state index contributed by atoms with van der Waals surface area (Å²) in [5, 5.41) is 19.4. The molecule has 0 saturated heterocycles. The average Bonchev–Trinajstić information content (AvgIpc) is 3.29. The lowest BCUT2D eigenvalue weighted by Crippen LogP contribution is -2.66. The Bertz CT molecular complexity index is 1330. The van der Waals surface area contributed by atoms with Crippen LogP contribution in [0.15, 0.2) is 36.4 Å². The summed E-state index contributed by atoms with van der Waals surface area (Å²) in [7, 11) is 0. The molecule has 43 heavy (non-hydrogen) atoms. The lowest BCUT2D eigenvalue weighted by Gasteiger charge is -2.73. The molecule has 10 atom stereocenters. The lowest BCUT2D eigenvalue weighted by molar-refractivity contribution is -0.248. The lowest BCUT2D eigenvalue weighted by atomic mass is 9.32. The van der Waals surface area contributed by atoms with Crippen LogP contribution in [0.3, 0.4) is 0 Å². The number of phenols is 2. The molecule has 4 nitrogen and oxygen atoms in total. The molecule has 5 aliphatic carbocycles. The van der Waals surface area contributed by atoms with E-state index in [-0.39, 0.29) is 34.4 Å². The second kappa shape index (κ2) is 10.1. The van der Waals surface area contributed by atoms with Gasteiger partial charge in [0.05, 0.1) is 0 Å². The molecule has 0 spiro atoms. The van der Waals surface area contributed by atoms with Gasteiger partial charge in [-0.05, 0) is 146 Å². The van der Waals surface area contributed by atoms with Gasteiger partial charge in [0.2, 0.25) is 0 Å². The Morgan fingerprint density at radius 1 is 0.860 bits per heavy atom. The summed E-state index contributed by atoms with van der Waals surface area (Å²) >= 11 is 0. The van der Waals surface area contributed by atoms with Gasteiger partial charge >= 0.3 is 5.97 Å². The Labute approximate surface area is 260 Å². The number of allylic oxidation sites excluding steroid dienone is 1. The van der Waals surface area contributed by atoms with Gasteiger partial charge in [0, 0.05) is 11.5 Å². The number of hydrogen-bond acceptors (Lipinski definition) is 4. The fourth-order valence-electron chi connectivity index (χ4n) is 12.7. The zero-order valence-electron chi connectivity index (χ0n) is 27.8. The van der Waals surface area contributed by atoms with Crippen molar-refractivity contribution in [3.63, 3.8) is 0 Å². The van der Waals surface area contributed by atoms with Crippen LogP contribution in [0.4, 0.5) is 0 Å². The predicted octanol–water partition coefficient (Wildman–Crippen LogP) is 9.70. The molecule has 236 valence electrons. The Morgan fingerprint density at radius 2 is 1.60 bits per heavy atom. The van der Waals surface area contributed by atoms with Crippen molar-refractivity contribution in [2.24, 2.45) is 56.7 Å². The molecule has 6 rings (SSSR count). The molecule has 0 heterocycles. The zero-order chi connectivity index (χ0) is 31.2. The largest absolute Gasteiger partial charge is 0.504 e. The Kier molecular flexibility index (Phi) is 7.26. The van der Waals surface area contributed by atoms with Crippen molar-refractivity contribution in [2.45, 2.75) is 119 Å². The SMILES string of the molecule is C=C(C)[C@@H]1CC[C@]2(C)CC[C@]3(C)[C@H](CC[C@@H]4[C@]5(C)CC[C@H](OC(=O)/C=C\c6ccc(O)c(O)c6)C(C)(C)[C@@H]5CC[C@]43C)[C@H]12. The summed E-state index contributed by atoms with van der Waals surface area (Å²) in [5.41, 5.74) is 3.40. The first-order chi connectivity index (χ1) is 20.1. The van der Waals surface area contributed by atoms with Gasteiger partial charge < -0.3 is 14.9 Å². The first-order valence-electron chi connectivity index (χ1n) is 17.1. The molecule has 5 aliphatic rings. The molecule has 4 heteroatoms. The van der Waals surface area contributed by atoms with E-state index in [0.29, 0.717) is 39.6 Å². The van der Waals surface area contributed by atoms with Crippen LogP contribution in [0, 0.1) is 56.7 Å². The molecule has 0 radical (unpaired) electrons. The van der Waals surface area contributed by atoms with E-state index in [9.17, 15) is 15.0 Å². The van der Waals surface area contributed by atoms with E-state index in [4.69, 9.17) is 4.74 Å². The van der Waals surface area contributed by atoms with Crippen molar-refractivity contribution >= 4 is 12.0 Å². The zero-order valence-corrected chi connectivity index (χ0v) is 27.8. The van der Waals surface area contributed by atoms with Gasteiger partial charge in [0.15, 0.2) is 11.5 Å². The number of phenolic OH excluding ortho intramolecular Hbond substituents is 2. The van der Waals surface area contributed by atoms with E-state index in [1.807, 2.05) is 0 Å². The third kappa shape index (κ3) is 4.46. The maximum Gasteiger partial charge on any atom is 0.331 e. The van der Waals surface area contributed by atoms with Gasteiger partial charge in [-0.2, -0.15) is 0 Å². The standard InChI is InChI=1S/C39H56O4/c1-24(2)26-15-18-36(5)21-22-38(7)27(34(26)36)11-13-31-37(6)19-17-32(35(3,4)30(37)16-20-39(31,38)8)43-33(42)14-10-25-9-12-28(40)29(41)23-25/h9-10,12,14,23,26-27,30-32,34,40-41H,1,11,13,15-22H2,2-8H3/b14-10-/t26-,27+,30-,31+,32-,34-,36+,37+,38+,39+/m0/s1. The molecule has 1 aromatic carbocycles. The highest BCUT2D eigenvalue weighted by molar-refractivity contribution is 5.87. The Balaban J connectivity index is 1.22. The fourth-order valence-corrected chi connectivity index (χ4v) is 12.7. The molecule has 0 amide bonds. The third-order valence-electron chi connectivity index (χ3n) is 15.1. The van der Waals surface area contributed by atoms with Crippen molar-refractivity contribution in [3.8, 4) is 11.5 Å². The summed E-state index contributed by atoms with van der Waals surface area (Å²) in [6.45, 7) is 22.1. The molecule has 5 fully saturated rings. The van der Waals surface area contributed by atoms with Crippen LogP contribution >= 0.6 is 0 Å². The normalized spacial score (nSPS) is 45.0. The molecule has 0 unspecified atom stereocenters. The highest BCUT2D eigenvalue weighted by Crippen LogP contribution is 2.77. The Morgan fingerprint density at radius 3 is 2.30 bits per heavy atom. The van der Waals surface area contributed by atoms with Gasteiger partial charge in [-0.15, -0.1) is 0 Å². The van der Waals surface area contributed by atoms with Crippen LogP contribution in [0.5, 0.6) is 11.5 Å². The summed E-state index contributed by atoms with van der Waals surface area (Å²) in [5.74, 6) is 2.79. The van der Waals surface area contributed by atoms with Gasteiger partial charge in [0.1, 0.15) is 6.10 Å². The minimum absolute atomic E-state index is 0.103. The summed E-state index contributed by atoms with van der Waals surface area (Å²) in [6, 6.07) is 4.54. The van der Waals surface area contributed by atoms with E-state index < -0.39 is 0 Å². The number of benzene rings is 1. The number of fused-ring (bicyclic) bond motifs is 7. The van der Waals surface area contributed by atoms with E-state index in [1.165, 1.54) is 75.1 Å². The molecule has 0 bridgehead atoms. The number of aromatic hydroxyl groups is 2. The quantitative estimate of drug-likeness (QED) is 0.159. The molecule has 0 aliphatic heterocycles. The molecule has 1 aromatic rings. The van der Waals surface area contributed by atoms with Crippen molar-refractivity contribution in [1.82, 2.24) is 0 Å². The molecule has 0 aromatic heterocycles. The van der Waals surface area contributed by atoms with E-state index >= 15 is 0 Å². The van der Waals surface area contributed by atoms with E-state index in [2.05, 4.69) is 55.0 Å². The first-order valence-corrected chi connectivity index (χ1v) is 17.1. The van der Waals surface area contributed by atoms with Crippen molar-refractivity contribution in [1.29, 1.82) is 0 Å². The second-order valence-electron chi connectivity index (χ2n) is 17.2. The van der Waals surface area contributed by atoms with Crippen molar-refractivity contribution in [2.75, 3.05) is 0 Å². The maximum atomic E-state index is 13.0. The minimum atomic E-state index is -0.336. The monoisotopic (exact) mass is 588 g/mol. The molecule has 5 saturated carbocycles. The second-order valence-corrected chi connectivity index (χ2v) is 17.2. The van der Waals surface area contributed by atoms with Gasteiger partial charge in [-0.3, -0.25) is 0 Å². The van der Waals surface area contributed by atoms with Gasteiger partial charge in [-0.1, -0.05) is 59.8 Å². The highest BCUT2D eigenvalue weighted by atomic mass is 16.5. The summed E-state index contributed by atoms with van der Waals surface area (Å²) < 4.78 is 6.19. The number of rotatable bonds is 4. The fraction of sp³-hybridized carbons (Fsp3) is 0.718. The van der Waals surface area contributed by atoms with Crippen LogP contribution in [0.25, 0.3) is 6.08 Å². The summed E-state index contributed by atoms with van der Waals surface area (Å²) in [4.78, 5) is 13.0. The van der Waals surface area contributed by atoms with Gasteiger partial charge in [-0.25, -0.2) is 4.79 Å². The predicted molar refractivity (Wildman–Crippen MR) is 173 cm³/mol. The highest BCUT2D eigenvalue weighted by Gasteiger charge is 2.70. The number of ether oxygens (including phenoxy) is 1. The number of carbonyl (C=O) groups is 1. The van der Waals surface area contributed by atoms with E-state index in [0.717, 1.165) is 24.7 Å². The van der Waals surface area contributed by atoms with Crippen LogP contribution in [-0.2, 0) is 9.53 Å². The van der Waals surface area contributed by atoms with Gasteiger partial charge in [0.25, 0.3) is 0 Å². The third-order valence-corrected chi connectivity index (χ3v) is 15.1. The smallest absolute Gasteiger partial charge is 0.331 e. The van der Waals surface area contributed by atoms with Crippen LogP contribution in [-0.4, -0.2) is 22.3 Å². The Hall–Kier alpha value is -2.23. The number of carbonyl (C=O) groups excluding carboxylic acids is 1. The van der Waals surface area contributed by atoms with Crippen LogP contribution in [0.1, 0.15) is 118 Å². The minimum Gasteiger partial charge on any atom is -0.504 e. The van der Waals surface area contributed by atoms with Crippen LogP contribution in [0.2, 0.25) is 0 Å². The topological polar surface area (TPSA) is 66.8 Å². The number of esters is 1. The molecule has 2 N–H and O–H groups in total. The molecular weight excluding hydrogens is 532 g/mol. The van der Waals surface area contributed by atoms with E-state index in [1.54, 1.807) is 12.1 Å². The van der Waals surface area contributed by atoms with Crippen molar-refractivity contribution < 1.29 is 19.7 Å². The average molecular weight is 589 g/mol. The maximum absolute atomic E-state index is 13.0. The number of hydrogen-bond donors (Lipinski definition) is 2. The van der Waals surface area contributed by atoms with Crippen molar-refractivity contribution in [3.05, 3.63) is 42.0 Å². The van der Waals surface area contributed by atoms with Crippen LogP contribution < -0.4 is 0 Å².